The minimum Gasteiger partial charge on any atom is -0.266 e. The summed E-state index contributed by atoms with van der Waals surface area (Å²) in [5, 5.41) is 1.24. The molecule has 1 aromatic heterocycles. The van der Waals surface area contributed by atoms with Crippen molar-refractivity contribution in [3.05, 3.63) is 95.1 Å². The highest BCUT2D eigenvalue weighted by Gasteiger charge is 2.32. The second-order valence-electron chi connectivity index (χ2n) is 6.50. The number of anilines is 1. The van der Waals surface area contributed by atoms with E-state index in [2.05, 4.69) is 9.98 Å². The molecule has 4 aromatic rings. The van der Waals surface area contributed by atoms with Crippen LogP contribution in [0.15, 0.2) is 93.9 Å². The Hall–Kier alpha value is -2.93. The van der Waals surface area contributed by atoms with Crippen molar-refractivity contribution in [3.63, 3.8) is 0 Å². The van der Waals surface area contributed by atoms with Crippen molar-refractivity contribution in [3.8, 4) is 0 Å². The van der Waals surface area contributed by atoms with Crippen LogP contribution in [-0.2, 0) is 4.79 Å². The Morgan fingerprint density at radius 3 is 2.43 bits per heavy atom. The Balaban J connectivity index is 1.54. The molecule has 146 valence electrons. The molecule has 0 radical (unpaired) electrons. The average molecular weight is 448 g/mol. The smallest absolute Gasteiger partial charge is 0.266 e. The molecule has 4 nitrogen and oxygen atoms in total. The van der Waals surface area contributed by atoms with E-state index in [1.165, 1.54) is 11.8 Å². The summed E-state index contributed by atoms with van der Waals surface area (Å²) in [5.41, 5.74) is 2.96. The lowest BCUT2D eigenvalue weighted by atomic mass is 10.2. The molecule has 0 N–H and O–H groups in total. The number of rotatable bonds is 3. The molecule has 1 aliphatic heterocycles. The summed E-state index contributed by atoms with van der Waals surface area (Å²) in [5.74, 6) is -0.167. The summed E-state index contributed by atoms with van der Waals surface area (Å²) < 4.78 is 1.95. The highest BCUT2D eigenvalue weighted by Crippen LogP contribution is 2.36. The van der Waals surface area contributed by atoms with Gasteiger partial charge in [0.25, 0.3) is 5.91 Å². The fourth-order valence-corrected chi connectivity index (χ4v) is 5.27. The van der Waals surface area contributed by atoms with Crippen molar-refractivity contribution in [1.29, 1.82) is 0 Å². The Morgan fingerprint density at radius 1 is 0.933 bits per heavy atom. The minimum absolute atomic E-state index is 0.167. The van der Waals surface area contributed by atoms with E-state index in [0.29, 0.717) is 15.9 Å². The lowest BCUT2D eigenvalue weighted by Gasteiger charge is -2.16. The van der Waals surface area contributed by atoms with E-state index < -0.39 is 0 Å². The number of hydrogen-bond donors (Lipinski definition) is 0. The van der Waals surface area contributed by atoms with Gasteiger partial charge in [-0.3, -0.25) is 9.69 Å². The third kappa shape index (κ3) is 3.77. The summed E-state index contributed by atoms with van der Waals surface area (Å²) in [6, 6.07) is 24.8. The quantitative estimate of drug-likeness (QED) is 0.337. The molecule has 1 aliphatic rings. The fourth-order valence-electron chi connectivity index (χ4n) is 3.06. The molecule has 0 atom stereocenters. The molecule has 0 aliphatic carbocycles. The van der Waals surface area contributed by atoms with E-state index in [-0.39, 0.29) is 5.91 Å². The molecule has 5 rings (SSSR count). The average Bonchev–Trinajstić information content (AvgIpc) is 3.30. The topological polar surface area (TPSA) is 45.6 Å². The van der Waals surface area contributed by atoms with Crippen molar-refractivity contribution in [2.45, 2.75) is 4.34 Å². The number of amides is 1. The minimum atomic E-state index is -0.167. The van der Waals surface area contributed by atoms with E-state index in [1.54, 1.807) is 34.4 Å². The molecule has 0 bridgehead atoms. The number of thioether (sulfide) groups is 1. The SMILES string of the molecule is O=C1/C(=C/c2ccc(Cl)cc2)N=C(Sc2nc3ccccc3s2)N1c1ccccc1. The number of carbonyl (C=O) groups excluding carboxylic acids is 1. The number of fused-ring (bicyclic) bond motifs is 1. The Morgan fingerprint density at radius 2 is 1.67 bits per heavy atom. The number of para-hydroxylation sites is 2. The first-order chi connectivity index (χ1) is 14.7. The van der Waals surface area contributed by atoms with Gasteiger partial charge >= 0.3 is 0 Å². The van der Waals surface area contributed by atoms with Crippen LogP contribution in [0.4, 0.5) is 5.69 Å². The predicted molar refractivity (Wildman–Crippen MR) is 126 cm³/mol. The second kappa shape index (κ2) is 8.07. The molecule has 3 aromatic carbocycles. The van der Waals surface area contributed by atoms with Crippen LogP contribution in [0, 0.1) is 0 Å². The van der Waals surface area contributed by atoms with Crippen LogP contribution >= 0.6 is 34.7 Å². The van der Waals surface area contributed by atoms with Crippen LogP contribution in [0.3, 0.4) is 0 Å². The molecule has 0 saturated heterocycles. The summed E-state index contributed by atoms with van der Waals surface area (Å²) in [7, 11) is 0. The number of nitrogens with zero attached hydrogens (tertiary/aromatic N) is 3. The number of hydrogen-bond acceptors (Lipinski definition) is 5. The molecular formula is C23H14ClN3OS2. The molecule has 0 saturated carbocycles. The van der Waals surface area contributed by atoms with Crippen molar-refractivity contribution in [1.82, 2.24) is 4.98 Å². The van der Waals surface area contributed by atoms with Gasteiger partial charge in [0.05, 0.1) is 15.9 Å². The Labute approximate surface area is 186 Å². The lowest BCUT2D eigenvalue weighted by Crippen LogP contribution is -2.30. The first-order valence-corrected chi connectivity index (χ1v) is 11.2. The zero-order chi connectivity index (χ0) is 20.5. The Kier molecular flexibility index (Phi) is 5.12. The monoisotopic (exact) mass is 447 g/mol. The van der Waals surface area contributed by atoms with Gasteiger partial charge in [0.1, 0.15) is 5.70 Å². The number of amidine groups is 1. The van der Waals surface area contributed by atoms with Crippen molar-refractivity contribution in [2.24, 2.45) is 4.99 Å². The summed E-state index contributed by atoms with van der Waals surface area (Å²) in [6.45, 7) is 0. The number of thiazole rings is 1. The molecule has 0 spiro atoms. The van der Waals surface area contributed by atoms with Crippen LogP contribution in [0.1, 0.15) is 5.56 Å². The fraction of sp³-hybridized carbons (Fsp3) is 0. The Bertz CT molecular complexity index is 1260. The molecule has 7 heteroatoms. The van der Waals surface area contributed by atoms with Crippen LogP contribution in [0.2, 0.25) is 5.02 Å². The van der Waals surface area contributed by atoms with Gasteiger partial charge in [0, 0.05) is 5.02 Å². The standard InChI is InChI=1S/C23H14ClN3OS2/c24-16-12-10-15(11-13-16)14-19-21(28)27(17-6-2-1-3-7-17)22(25-19)30-23-26-18-8-4-5-9-20(18)29-23/h1-14H/b19-14-. The molecular weight excluding hydrogens is 434 g/mol. The van der Waals surface area contributed by atoms with Crippen LogP contribution < -0.4 is 4.90 Å². The number of carbonyl (C=O) groups is 1. The van der Waals surface area contributed by atoms with Gasteiger partial charge in [0.2, 0.25) is 0 Å². The van der Waals surface area contributed by atoms with Crippen LogP contribution in [-0.4, -0.2) is 16.1 Å². The highest BCUT2D eigenvalue weighted by atomic mass is 35.5. The van der Waals surface area contributed by atoms with E-state index in [9.17, 15) is 4.79 Å². The summed E-state index contributed by atoms with van der Waals surface area (Å²) in [4.78, 5) is 24.2. The summed E-state index contributed by atoms with van der Waals surface area (Å²) >= 11 is 8.96. The van der Waals surface area contributed by atoms with E-state index in [4.69, 9.17) is 11.6 Å². The third-order valence-electron chi connectivity index (χ3n) is 4.47. The molecule has 30 heavy (non-hydrogen) atoms. The van der Waals surface area contributed by atoms with Gasteiger partial charge in [-0.15, -0.1) is 11.3 Å². The zero-order valence-electron chi connectivity index (χ0n) is 15.5. The van der Waals surface area contributed by atoms with E-state index in [0.717, 1.165) is 25.8 Å². The number of aliphatic imine (C=N–C) groups is 1. The van der Waals surface area contributed by atoms with Gasteiger partial charge in [0.15, 0.2) is 9.51 Å². The first-order valence-electron chi connectivity index (χ1n) is 9.16. The highest BCUT2D eigenvalue weighted by molar-refractivity contribution is 8.15. The van der Waals surface area contributed by atoms with Crippen molar-refractivity contribution >= 4 is 67.8 Å². The van der Waals surface area contributed by atoms with E-state index in [1.807, 2.05) is 66.7 Å². The van der Waals surface area contributed by atoms with Gasteiger partial charge in [-0.05, 0) is 59.8 Å². The maximum Gasteiger partial charge on any atom is 0.283 e. The van der Waals surface area contributed by atoms with Gasteiger partial charge in [-0.2, -0.15) is 0 Å². The third-order valence-corrected chi connectivity index (χ3v) is 6.78. The van der Waals surface area contributed by atoms with Crippen molar-refractivity contribution in [2.75, 3.05) is 4.90 Å². The van der Waals surface area contributed by atoms with Crippen LogP contribution in [0.5, 0.6) is 0 Å². The normalized spacial score (nSPS) is 15.2. The number of halogens is 1. The summed E-state index contributed by atoms with van der Waals surface area (Å²) in [6.07, 6.45) is 1.78. The molecule has 1 amide bonds. The maximum atomic E-state index is 13.2. The molecule has 0 fully saturated rings. The molecule has 2 heterocycles. The second-order valence-corrected chi connectivity index (χ2v) is 9.18. The van der Waals surface area contributed by atoms with Crippen molar-refractivity contribution < 1.29 is 4.79 Å². The van der Waals surface area contributed by atoms with E-state index >= 15 is 0 Å². The van der Waals surface area contributed by atoms with Crippen LogP contribution in [0.25, 0.3) is 16.3 Å². The number of aromatic nitrogens is 1. The first kappa shape index (κ1) is 19.1. The largest absolute Gasteiger partial charge is 0.283 e. The predicted octanol–water partition coefficient (Wildman–Crippen LogP) is 6.49. The van der Waals surface area contributed by atoms with Gasteiger partial charge in [-0.25, -0.2) is 9.98 Å². The maximum absolute atomic E-state index is 13.2. The number of benzene rings is 3. The van der Waals surface area contributed by atoms with Gasteiger partial charge in [-0.1, -0.05) is 54.1 Å². The lowest BCUT2D eigenvalue weighted by molar-refractivity contribution is -0.113. The zero-order valence-corrected chi connectivity index (χ0v) is 17.9. The molecule has 0 unspecified atom stereocenters. The van der Waals surface area contributed by atoms with Gasteiger partial charge < -0.3 is 0 Å².